The molecule has 0 unspecified atom stereocenters. The Labute approximate surface area is 79.0 Å². The van der Waals surface area contributed by atoms with Crippen LogP contribution in [0.4, 0.5) is 0 Å². The highest BCUT2D eigenvalue weighted by Gasteiger charge is 1.89. The van der Waals surface area contributed by atoms with Crippen LogP contribution in [0.5, 0.6) is 0 Å². The van der Waals surface area contributed by atoms with Crippen molar-refractivity contribution in [3.8, 4) is 0 Å². The fourth-order valence-corrected chi connectivity index (χ4v) is 1.97. The van der Waals surface area contributed by atoms with E-state index in [1.165, 1.54) is 38.4 Å². The third-order valence-electron chi connectivity index (χ3n) is 1.80. The first-order valence-electron chi connectivity index (χ1n) is 5.20. The molecular formula is C9H23NOSi. The van der Waals surface area contributed by atoms with Crippen LogP contribution in [-0.4, -0.2) is 29.5 Å². The Hall–Kier alpha value is 0.137. The summed E-state index contributed by atoms with van der Waals surface area (Å²) in [7, 11) is -0.168. The Morgan fingerprint density at radius 3 is 2.58 bits per heavy atom. The van der Waals surface area contributed by atoms with Gasteiger partial charge in [-0.05, 0) is 38.9 Å². The maximum atomic E-state index is 5.37. The summed E-state index contributed by atoms with van der Waals surface area (Å²) in [6.07, 6.45) is 3.90. The Morgan fingerprint density at radius 1 is 1.17 bits per heavy atom. The van der Waals surface area contributed by atoms with E-state index in [2.05, 4.69) is 19.2 Å². The van der Waals surface area contributed by atoms with Gasteiger partial charge in [-0.1, -0.05) is 13.3 Å². The molecule has 3 heteroatoms. The van der Waals surface area contributed by atoms with Crippen molar-refractivity contribution in [2.75, 3.05) is 19.7 Å². The lowest BCUT2D eigenvalue weighted by Crippen LogP contribution is -2.17. The van der Waals surface area contributed by atoms with Crippen LogP contribution in [-0.2, 0) is 4.43 Å². The van der Waals surface area contributed by atoms with Crippen LogP contribution in [0.1, 0.15) is 33.1 Å². The fraction of sp³-hybridized carbons (Fsp3) is 1.00. The van der Waals surface area contributed by atoms with Gasteiger partial charge in [-0.25, -0.2) is 0 Å². The molecule has 0 saturated heterocycles. The van der Waals surface area contributed by atoms with Crippen LogP contribution in [0, 0.1) is 0 Å². The largest absolute Gasteiger partial charge is 0.424 e. The predicted molar refractivity (Wildman–Crippen MR) is 57.4 cm³/mol. The minimum atomic E-state index is -0.168. The van der Waals surface area contributed by atoms with E-state index in [9.17, 15) is 0 Å². The summed E-state index contributed by atoms with van der Waals surface area (Å²) < 4.78 is 5.37. The Morgan fingerprint density at radius 2 is 1.92 bits per heavy atom. The van der Waals surface area contributed by atoms with E-state index in [1.807, 2.05) is 0 Å². The zero-order valence-corrected chi connectivity index (χ0v) is 9.98. The second kappa shape index (κ2) is 11.1. The molecule has 0 radical (unpaired) electrons. The van der Waals surface area contributed by atoms with E-state index in [0.29, 0.717) is 0 Å². The van der Waals surface area contributed by atoms with Gasteiger partial charge in [0.2, 0.25) is 0 Å². The molecule has 0 amide bonds. The lowest BCUT2D eigenvalue weighted by Gasteiger charge is -2.02. The van der Waals surface area contributed by atoms with Crippen molar-refractivity contribution in [3.05, 3.63) is 0 Å². The van der Waals surface area contributed by atoms with E-state index in [4.69, 9.17) is 4.43 Å². The number of unbranched alkanes of at least 4 members (excludes halogenated alkanes) is 1. The molecule has 0 spiro atoms. The van der Waals surface area contributed by atoms with Crippen LogP contribution in [0.2, 0.25) is 6.04 Å². The average Bonchev–Trinajstić information content (AvgIpc) is 2.10. The van der Waals surface area contributed by atoms with Crippen LogP contribution < -0.4 is 5.32 Å². The van der Waals surface area contributed by atoms with E-state index in [0.717, 1.165) is 6.61 Å². The first-order chi connectivity index (χ1) is 5.91. The molecule has 0 atom stereocenters. The summed E-state index contributed by atoms with van der Waals surface area (Å²) in [4.78, 5) is 0. The maximum absolute atomic E-state index is 5.37. The zero-order valence-electron chi connectivity index (χ0n) is 8.57. The van der Waals surface area contributed by atoms with Crippen LogP contribution in [0.3, 0.4) is 0 Å². The summed E-state index contributed by atoms with van der Waals surface area (Å²) >= 11 is 0. The molecule has 0 aliphatic heterocycles. The van der Waals surface area contributed by atoms with Crippen molar-refractivity contribution in [2.24, 2.45) is 0 Å². The van der Waals surface area contributed by atoms with Crippen molar-refractivity contribution >= 4 is 9.76 Å². The molecule has 0 saturated carbocycles. The second-order valence-electron chi connectivity index (χ2n) is 3.01. The van der Waals surface area contributed by atoms with Gasteiger partial charge in [0.15, 0.2) is 9.76 Å². The third kappa shape index (κ3) is 10.1. The van der Waals surface area contributed by atoms with E-state index < -0.39 is 0 Å². The molecule has 0 aromatic rings. The second-order valence-corrected chi connectivity index (χ2v) is 4.53. The van der Waals surface area contributed by atoms with Crippen molar-refractivity contribution in [3.63, 3.8) is 0 Å². The summed E-state index contributed by atoms with van der Waals surface area (Å²) in [5, 5.41) is 3.43. The van der Waals surface area contributed by atoms with Crippen molar-refractivity contribution in [2.45, 2.75) is 39.2 Å². The lowest BCUT2D eigenvalue weighted by molar-refractivity contribution is 0.359. The van der Waals surface area contributed by atoms with Gasteiger partial charge in [0.25, 0.3) is 0 Å². The molecule has 0 bridgehead atoms. The Kier molecular flexibility index (Phi) is 11.3. The van der Waals surface area contributed by atoms with Crippen LogP contribution >= 0.6 is 0 Å². The third-order valence-corrected chi connectivity index (χ3v) is 3.29. The number of hydrogen-bond donors (Lipinski definition) is 1. The lowest BCUT2D eigenvalue weighted by atomic mass is 10.3. The van der Waals surface area contributed by atoms with Crippen LogP contribution in [0.15, 0.2) is 0 Å². The van der Waals surface area contributed by atoms with Crippen molar-refractivity contribution in [1.29, 1.82) is 0 Å². The minimum absolute atomic E-state index is 0.168. The summed E-state index contributed by atoms with van der Waals surface area (Å²) in [6, 6.07) is 1.33. The van der Waals surface area contributed by atoms with Gasteiger partial charge < -0.3 is 9.74 Å². The van der Waals surface area contributed by atoms with Gasteiger partial charge in [-0.2, -0.15) is 0 Å². The van der Waals surface area contributed by atoms with Crippen molar-refractivity contribution < 1.29 is 4.43 Å². The van der Waals surface area contributed by atoms with Crippen molar-refractivity contribution in [1.82, 2.24) is 5.32 Å². The molecule has 1 N–H and O–H groups in total. The first-order valence-corrected chi connectivity index (χ1v) is 6.78. The SMILES string of the molecule is CCCCNCCC[SiH2]OCC. The minimum Gasteiger partial charge on any atom is -0.424 e. The molecule has 0 fully saturated rings. The summed E-state index contributed by atoms with van der Waals surface area (Å²) in [5.41, 5.74) is 0. The molecule has 0 aromatic carbocycles. The van der Waals surface area contributed by atoms with Gasteiger partial charge >= 0.3 is 0 Å². The highest BCUT2D eigenvalue weighted by molar-refractivity contribution is 6.26. The van der Waals surface area contributed by atoms with Crippen LogP contribution in [0.25, 0.3) is 0 Å². The summed E-state index contributed by atoms with van der Waals surface area (Å²) in [6.45, 7) is 7.58. The quantitative estimate of drug-likeness (QED) is 0.436. The number of nitrogens with one attached hydrogen (secondary N) is 1. The first kappa shape index (κ1) is 12.1. The number of hydrogen-bond acceptors (Lipinski definition) is 2. The van der Waals surface area contributed by atoms with Gasteiger partial charge in [-0.15, -0.1) is 0 Å². The Bertz CT molecular complexity index is 70.9. The molecule has 0 rings (SSSR count). The fourth-order valence-electron chi connectivity index (χ4n) is 1.03. The van der Waals surface area contributed by atoms with Gasteiger partial charge in [-0.3, -0.25) is 0 Å². The van der Waals surface area contributed by atoms with E-state index in [-0.39, 0.29) is 9.76 Å². The molecule has 0 aliphatic rings. The normalized spacial score (nSPS) is 11.5. The maximum Gasteiger partial charge on any atom is 0.161 e. The molecule has 74 valence electrons. The van der Waals surface area contributed by atoms with Gasteiger partial charge in [0.05, 0.1) is 0 Å². The smallest absolute Gasteiger partial charge is 0.161 e. The highest BCUT2D eigenvalue weighted by Crippen LogP contribution is 1.88. The predicted octanol–water partition coefficient (Wildman–Crippen LogP) is 1.30. The molecule has 12 heavy (non-hydrogen) atoms. The van der Waals surface area contributed by atoms with E-state index >= 15 is 0 Å². The molecule has 0 aliphatic carbocycles. The Balaban J connectivity index is 2.73. The van der Waals surface area contributed by atoms with Gasteiger partial charge in [0.1, 0.15) is 0 Å². The zero-order chi connectivity index (χ0) is 9.07. The average molecular weight is 189 g/mol. The monoisotopic (exact) mass is 189 g/mol. The highest BCUT2D eigenvalue weighted by atomic mass is 28.2. The molecule has 2 nitrogen and oxygen atoms in total. The van der Waals surface area contributed by atoms with Gasteiger partial charge in [0, 0.05) is 6.61 Å². The molecular weight excluding hydrogens is 166 g/mol. The molecule has 0 heterocycles. The summed E-state index contributed by atoms with van der Waals surface area (Å²) in [5.74, 6) is 0. The van der Waals surface area contributed by atoms with E-state index in [1.54, 1.807) is 0 Å². The number of rotatable bonds is 9. The standard InChI is InChI=1S/C9H23NOSi/c1-3-5-7-10-8-6-9-12-11-4-2/h10H,3-9,12H2,1-2H3. The molecule has 0 aromatic heterocycles. The topological polar surface area (TPSA) is 21.3 Å².